The molecule has 1 aliphatic rings. The van der Waals surface area contributed by atoms with Gasteiger partial charge in [0.2, 0.25) is 10.0 Å². The number of sulfonamides is 1. The molecule has 0 saturated heterocycles. The third kappa shape index (κ3) is 4.05. The minimum atomic E-state index is -3.43. The van der Waals surface area contributed by atoms with Crippen LogP contribution in [0.5, 0.6) is 0 Å². The third-order valence-electron chi connectivity index (χ3n) is 4.35. The van der Waals surface area contributed by atoms with Crippen molar-refractivity contribution in [1.29, 1.82) is 0 Å². The summed E-state index contributed by atoms with van der Waals surface area (Å²) in [6.07, 6.45) is 3.14. The van der Waals surface area contributed by atoms with Gasteiger partial charge < -0.3 is 5.32 Å². The van der Waals surface area contributed by atoms with Crippen LogP contribution in [0.3, 0.4) is 0 Å². The Hall–Kier alpha value is -0.910. The fourth-order valence-electron chi connectivity index (χ4n) is 2.96. The van der Waals surface area contributed by atoms with Crippen LogP contribution >= 0.6 is 0 Å². The summed E-state index contributed by atoms with van der Waals surface area (Å²) in [6, 6.07) is 7.44. The molecule has 2 N–H and O–H groups in total. The molecule has 21 heavy (non-hydrogen) atoms. The van der Waals surface area contributed by atoms with E-state index in [0.717, 1.165) is 31.4 Å². The average Bonchev–Trinajstić information content (AvgIpc) is 2.84. The summed E-state index contributed by atoms with van der Waals surface area (Å²) < 4.78 is 27.9. The first-order valence-corrected chi connectivity index (χ1v) is 9.28. The lowest BCUT2D eigenvalue weighted by Crippen LogP contribution is -2.36. The summed E-state index contributed by atoms with van der Waals surface area (Å²) in [5.41, 5.74) is 0.999. The number of benzene rings is 1. The number of hydrogen-bond acceptors (Lipinski definition) is 3. The molecule has 1 saturated carbocycles. The molecule has 0 bridgehead atoms. The van der Waals surface area contributed by atoms with Crippen LogP contribution in [0.15, 0.2) is 29.2 Å². The largest absolute Gasteiger partial charge is 0.310 e. The second-order valence-electron chi connectivity index (χ2n) is 5.99. The van der Waals surface area contributed by atoms with Gasteiger partial charge in [0, 0.05) is 12.1 Å². The molecule has 1 fully saturated rings. The Morgan fingerprint density at radius 1 is 1.33 bits per heavy atom. The molecule has 5 heteroatoms. The quantitative estimate of drug-likeness (QED) is 0.849. The fourth-order valence-corrected chi connectivity index (χ4v) is 4.40. The Morgan fingerprint density at radius 2 is 2.10 bits per heavy atom. The van der Waals surface area contributed by atoms with Crippen molar-refractivity contribution in [3.05, 3.63) is 29.8 Å². The highest BCUT2D eigenvalue weighted by molar-refractivity contribution is 7.89. The Kier molecular flexibility index (Phi) is 5.41. The van der Waals surface area contributed by atoms with E-state index in [1.54, 1.807) is 12.1 Å². The monoisotopic (exact) mass is 310 g/mol. The van der Waals surface area contributed by atoms with Gasteiger partial charge in [-0.15, -0.1) is 0 Å². The average molecular weight is 310 g/mol. The highest BCUT2D eigenvalue weighted by Crippen LogP contribution is 2.26. The van der Waals surface area contributed by atoms with E-state index in [1.807, 2.05) is 26.0 Å². The molecule has 1 aliphatic carbocycles. The zero-order chi connectivity index (χ0) is 15.5. The maximum Gasteiger partial charge on any atom is 0.240 e. The van der Waals surface area contributed by atoms with Crippen LogP contribution in [0, 0.1) is 5.92 Å². The summed E-state index contributed by atoms with van der Waals surface area (Å²) in [5, 5.41) is 3.31. The van der Waals surface area contributed by atoms with E-state index in [-0.39, 0.29) is 12.1 Å². The standard InChI is InChI=1S/C16H26N2O2S/c1-4-17-13(3)14-8-6-9-15(11-14)21(19,20)18-16-10-5-7-12(16)2/h6,8-9,11-13,16-18H,4-5,7,10H2,1-3H3. The van der Waals surface area contributed by atoms with Crippen molar-refractivity contribution in [3.8, 4) is 0 Å². The predicted molar refractivity (Wildman–Crippen MR) is 85.7 cm³/mol. The molecule has 0 radical (unpaired) electrons. The fraction of sp³-hybridized carbons (Fsp3) is 0.625. The van der Waals surface area contributed by atoms with Crippen molar-refractivity contribution >= 4 is 10.0 Å². The van der Waals surface area contributed by atoms with Crippen LogP contribution in [0.25, 0.3) is 0 Å². The summed E-state index contributed by atoms with van der Waals surface area (Å²) in [5.74, 6) is 0.420. The summed E-state index contributed by atoms with van der Waals surface area (Å²) in [6.45, 7) is 7.06. The zero-order valence-corrected chi connectivity index (χ0v) is 13.9. The van der Waals surface area contributed by atoms with Gasteiger partial charge in [0.25, 0.3) is 0 Å². The van der Waals surface area contributed by atoms with Gasteiger partial charge in [0.05, 0.1) is 4.90 Å². The Morgan fingerprint density at radius 3 is 2.71 bits per heavy atom. The second kappa shape index (κ2) is 6.90. The Balaban J connectivity index is 2.18. The van der Waals surface area contributed by atoms with E-state index in [1.165, 1.54) is 0 Å². The van der Waals surface area contributed by atoms with Crippen LogP contribution < -0.4 is 10.0 Å². The molecule has 118 valence electrons. The molecule has 3 unspecified atom stereocenters. The molecule has 0 amide bonds. The van der Waals surface area contributed by atoms with Crippen molar-refractivity contribution in [2.45, 2.75) is 57.0 Å². The van der Waals surface area contributed by atoms with Gasteiger partial charge in [0.1, 0.15) is 0 Å². The number of rotatable bonds is 6. The van der Waals surface area contributed by atoms with Gasteiger partial charge in [-0.3, -0.25) is 0 Å². The zero-order valence-electron chi connectivity index (χ0n) is 13.1. The first kappa shape index (κ1) is 16.5. The molecule has 3 atom stereocenters. The number of nitrogens with one attached hydrogen (secondary N) is 2. The molecule has 1 aromatic rings. The lowest BCUT2D eigenvalue weighted by molar-refractivity contribution is 0.476. The topological polar surface area (TPSA) is 58.2 Å². The van der Waals surface area contributed by atoms with E-state index < -0.39 is 10.0 Å². The first-order valence-electron chi connectivity index (χ1n) is 7.79. The van der Waals surface area contributed by atoms with E-state index in [4.69, 9.17) is 0 Å². The minimum Gasteiger partial charge on any atom is -0.310 e. The van der Waals surface area contributed by atoms with Crippen LogP contribution in [0.4, 0.5) is 0 Å². The van der Waals surface area contributed by atoms with Crippen LogP contribution in [-0.2, 0) is 10.0 Å². The Bertz CT molecular complexity index is 571. The van der Waals surface area contributed by atoms with Gasteiger partial charge in [0.15, 0.2) is 0 Å². The van der Waals surface area contributed by atoms with E-state index in [9.17, 15) is 8.42 Å². The van der Waals surface area contributed by atoms with Gasteiger partial charge in [-0.2, -0.15) is 0 Å². The van der Waals surface area contributed by atoms with Crippen molar-refractivity contribution in [2.24, 2.45) is 5.92 Å². The number of hydrogen-bond donors (Lipinski definition) is 2. The smallest absolute Gasteiger partial charge is 0.240 e. The summed E-state index contributed by atoms with van der Waals surface area (Å²) in [4.78, 5) is 0.365. The van der Waals surface area contributed by atoms with Crippen molar-refractivity contribution < 1.29 is 8.42 Å². The van der Waals surface area contributed by atoms with Crippen molar-refractivity contribution in [3.63, 3.8) is 0 Å². The predicted octanol–water partition coefficient (Wildman–Crippen LogP) is 2.82. The minimum absolute atomic E-state index is 0.0739. The van der Waals surface area contributed by atoms with Crippen LogP contribution in [0.2, 0.25) is 0 Å². The van der Waals surface area contributed by atoms with Crippen molar-refractivity contribution in [2.75, 3.05) is 6.54 Å². The van der Waals surface area contributed by atoms with Crippen LogP contribution in [-0.4, -0.2) is 21.0 Å². The molecule has 0 aromatic heterocycles. The van der Waals surface area contributed by atoms with E-state index in [0.29, 0.717) is 10.8 Å². The highest BCUT2D eigenvalue weighted by Gasteiger charge is 2.28. The molecular formula is C16H26N2O2S. The summed E-state index contributed by atoms with van der Waals surface area (Å²) in [7, 11) is -3.43. The van der Waals surface area contributed by atoms with E-state index in [2.05, 4.69) is 17.0 Å². The molecular weight excluding hydrogens is 284 g/mol. The molecule has 2 rings (SSSR count). The SMILES string of the molecule is CCNC(C)c1cccc(S(=O)(=O)NC2CCCC2C)c1. The molecule has 1 aromatic carbocycles. The molecule has 0 heterocycles. The highest BCUT2D eigenvalue weighted by atomic mass is 32.2. The Labute approximate surface area is 128 Å². The lowest BCUT2D eigenvalue weighted by Gasteiger charge is -2.18. The van der Waals surface area contributed by atoms with Gasteiger partial charge in [-0.25, -0.2) is 13.1 Å². The van der Waals surface area contributed by atoms with E-state index >= 15 is 0 Å². The molecule has 0 spiro atoms. The maximum atomic E-state index is 12.5. The van der Waals surface area contributed by atoms with Gasteiger partial charge >= 0.3 is 0 Å². The molecule has 0 aliphatic heterocycles. The third-order valence-corrected chi connectivity index (χ3v) is 5.83. The van der Waals surface area contributed by atoms with Crippen molar-refractivity contribution in [1.82, 2.24) is 10.0 Å². The van der Waals surface area contributed by atoms with Gasteiger partial charge in [-0.05, 0) is 49.9 Å². The lowest BCUT2D eigenvalue weighted by atomic mass is 10.1. The first-order chi connectivity index (χ1) is 9.94. The van der Waals surface area contributed by atoms with Crippen LogP contribution in [0.1, 0.15) is 51.6 Å². The molecule has 4 nitrogen and oxygen atoms in total. The normalized spacial score (nSPS) is 24.1. The van der Waals surface area contributed by atoms with Gasteiger partial charge in [-0.1, -0.05) is 32.4 Å². The second-order valence-corrected chi connectivity index (χ2v) is 7.70. The maximum absolute atomic E-state index is 12.5. The summed E-state index contributed by atoms with van der Waals surface area (Å²) >= 11 is 0.